The average molecular weight is 336 g/mol. The highest BCUT2D eigenvalue weighted by Crippen LogP contribution is 2.61. The van der Waals surface area contributed by atoms with Crippen LogP contribution in [-0.4, -0.2) is 28.5 Å². The van der Waals surface area contributed by atoms with Crippen LogP contribution in [0.5, 0.6) is 0 Å². The van der Waals surface area contributed by atoms with E-state index in [0.717, 1.165) is 5.57 Å². The summed E-state index contributed by atoms with van der Waals surface area (Å²) in [6.07, 6.45) is 4.68. The zero-order chi connectivity index (χ0) is 17.3. The number of imidazole rings is 1. The van der Waals surface area contributed by atoms with Crippen LogP contribution in [0.25, 0.3) is 5.70 Å². The van der Waals surface area contributed by atoms with Crippen LogP contribution in [0.1, 0.15) is 20.3 Å². The quantitative estimate of drug-likeness (QED) is 0.570. The first-order valence-electron chi connectivity index (χ1n) is 7.62. The molecule has 126 valence electrons. The van der Waals surface area contributed by atoms with Crippen molar-refractivity contribution in [3.8, 4) is 0 Å². The van der Waals surface area contributed by atoms with Gasteiger partial charge in [0, 0.05) is 18.2 Å². The Bertz CT molecular complexity index is 859. The van der Waals surface area contributed by atoms with Crippen LogP contribution in [-0.2, 0) is 4.74 Å². The molecule has 0 saturated heterocycles. The van der Waals surface area contributed by atoms with E-state index < -0.39 is 16.3 Å². The van der Waals surface area contributed by atoms with Crippen LogP contribution in [0.2, 0.25) is 0 Å². The third kappa shape index (κ3) is 1.42. The highest BCUT2D eigenvalue weighted by atomic mass is 19.4. The number of nitrogens with zero attached hydrogens (tertiary/aromatic N) is 3. The second-order valence-electron chi connectivity index (χ2n) is 6.38. The smallest absolute Gasteiger partial charge is 0.496 e. The number of hydrogen-bond donors (Lipinski definition) is 0. The topological polar surface area (TPSA) is 27.1 Å². The normalized spacial score (nSPS) is 31.2. The molecule has 0 amide bonds. The first-order valence-corrected chi connectivity index (χ1v) is 7.62. The Hall–Kier alpha value is -2.28. The van der Waals surface area contributed by atoms with Crippen LogP contribution in [0.15, 0.2) is 53.7 Å². The van der Waals surface area contributed by atoms with Gasteiger partial charge in [-0.05, 0) is 31.6 Å². The molecule has 2 unspecified atom stereocenters. The summed E-state index contributed by atoms with van der Waals surface area (Å²) < 4.78 is 49.0. The number of rotatable bonds is 1. The molecular formula is C17H17F3N3O+. The number of fused-ring (bicyclic) bond motifs is 3. The van der Waals surface area contributed by atoms with Crippen LogP contribution >= 0.6 is 0 Å². The van der Waals surface area contributed by atoms with Gasteiger partial charge in [-0.3, -0.25) is 4.57 Å². The summed E-state index contributed by atoms with van der Waals surface area (Å²) in [4.78, 5) is 4.09. The molecule has 2 atom stereocenters. The number of aromatic nitrogens is 2. The third-order valence-electron chi connectivity index (χ3n) is 5.23. The van der Waals surface area contributed by atoms with Crippen molar-refractivity contribution >= 4 is 11.6 Å². The predicted octanol–water partition coefficient (Wildman–Crippen LogP) is 4.10. The van der Waals surface area contributed by atoms with Gasteiger partial charge in [-0.15, -0.1) is 17.7 Å². The minimum atomic E-state index is -4.53. The van der Waals surface area contributed by atoms with E-state index in [-0.39, 0.29) is 12.4 Å². The monoisotopic (exact) mass is 336 g/mol. The number of alkyl halides is 3. The van der Waals surface area contributed by atoms with Gasteiger partial charge in [0.2, 0.25) is 0 Å². The van der Waals surface area contributed by atoms with Crippen LogP contribution < -0.4 is 4.48 Å². The van der Waals surface area contributed by atoms with Crippen molar-refractivity contribution in [2.24, 2.45) is 0 Å². The van der Waals surface area contributed by atoms with E-state index in [9.17, 15) is 13.2 Å². The molecule has 1 aromatic heterocycles. The lowest BCUT2D eigenvalue weighted by atomic mass is 9.77. The highest BCUT2D eigenvalue weighted by Gasteiger charge is 2.75. The molecule has 7 heteroatoms. The summed E-state index contributed by atoms with van der Waals surface area (Å²) in [6.45, 7) is 3.64. The summed E-state index contributed by atoms with van der Waals surface area (Å²) in [6, 6.07) is 0. The predicted molar refractivity (Wildman–Crippen MR) is 84.3 cm³/mol. The van der Waals surface area contributed by atoms with Gasteiger partial charge < -0.3 is 4.74 Å². The van der Waals surface area contributed by atoms with Gasteiger partial charge in [-0.2, -0.15) is 4.98 Å². The van der Waals surface area contributed by atoms with Crippen LogP contribution in [0.4, 0.5) is 19.1 Å². The van der Waals surface area contributed by atoms with Gasteiger partial charge in [0.05, 0.1) is 13.3 Å². The number of ether oxygens (including phenoxy) is 1. The molecular weight excluding hydrogens is 319 g/mol. The first kappa shape index (κ1) is 15.3. The van der Waals surface area contributed by atoms with Gasteiger partial charge in [0.15, 0.2) is 5.54 Å². The Labute approximate surface area is 137 Å². The number of quaternary nitrogens is 1. The van der Waals surface area contributed by atoms with Gasteiger partial charge in [0.25, 0.3) is 0 Å². The number of hydrogen-bond acceptors (Lipinski definition) is 2. The second kappa shape index (κ2) is 4.42. The molecule has 0 saturated carbocycles. The van der Waals surface area contributed by atoms with Gasteiger partial charge >= 0.3 is 12.2 Å². The molecule has 1 aliphatic carbocycles. The van der Waals surface area contributed by atoms with E-state index in [4.69, 9.17) is 4.74 Å². The lowest BCUT2D eigenvalue weighted by molar-refractivity contribution is -0.236. The minimum Gasteiger partial charge on any atom is -0.496 e. The fourth-order valence-electron chi connectivity index (χ4n) is 4.51. The summed E-state index contributed by atoms with van der Waals surface area (Å²) in [5, 5.41) is 0. The molecule has 4 nitrogen and oxygen atoms in total. The molecule has 1 spiro atoms. The SMILES string of the molecule is COC1=C(C)CC23C=CC=C[N+]2(C(F)(F)F)c2nccn2C3=C1C. The van der Waals surface area contributed by atoms with Crippen molar-refractivity contribution in [2.75, 3.05) is 7.11 Å². The standard InChI is InChI=1S/C17H17F3N3O/c1-11-10-16-6-4-5-9-23(16,17(18,19)20)15-21-7-8-22(15)14(16)12(2)13(11)24-3/h4-9H,10H2,1-3H3/q+1. The molecule has 0 radical (unpaired) electrons. The first-order chi connectivity index (χ1) is 11.3. The minimum absolute atomic E-state index is 0.0393. The van der Waals surface area contributed by atoms with Crippen molar-refractivity contribution in [3.05, 3.63) is 53.7 Å². The van der Waals surface area contributed by atoms with E-state index in [2.05, 4.69) is 4.98 Å². The summed E-state index contributed by atoms with van der Waals surface area (Å²) in [5.41, 5.74) is 0.809. The summed E-state index contributed by atoms with van der Waals surface area (Å²) in [7, 11) is 1.55. The number of allylic oxidation sites excluding steroid dienone is 3. The lowest BCUT2D eigenvalue weighted by Crippen LogP contribution is -2.68. The molecule has 3 aliphatic rings. The summed E-state index contributed by atoms with van der Waals surface area (Å²) in [5.74, 6) is 0.614. The Morgan fingerprint density at radius 2 is 2.04 bits per heavy atom. The van der Waals surface area contributed by atoms with Crippen molar-refractivity contribution in [1.82, 2.24) is 14.0 Å². The Kier molecular flexibility index (Phi) is 2.81. The second-order valence-corrected chi connectivity index (χ2v) is 6.38. The van der Waals surface area contributed by atoms with Gasteiger partial charge in [-0.1, -0.05) is 6.08 Å². The zero-order valence-corrected chi connectivity index (χ0v) is 13.6. The van der Waals surface area contributed by atoms with E-state index in [0.29, 0.717) is 17.0 Å². The number of halogens is 3. The van der Waals surface area contributed by atoms with E-state index in [1.54, 1.807) is 30.0 Å². The van der Waals surface area contributed by atoms with E-state index in [1.807, 2.05) is 13.8 Å². The fourth-order valence-corrected chi connectivity index (χ4v) is 4.51. The zero-order valence-electron chi connectivity index (χ0n) is 13.6. The molecule has 0 aromatic carbocycles. The van der Waals surface area contributed by atoms with Gasteiger partial charge in [0.1, 0.15) is 17.7 Å². The maximum Gasteiger partial charge on any atom is 0.574 e. The molecule has 0 N–H and O–H groups in total. The molecule has 1 aromatic rings. The van der Waals surface area contributed by atoms with Crippen molar-refractivity contribution in [2.45, 2.75) is 32.1 Å². The largest absolute Gasteiger partial charge is 0.574 e. The molecule has 0 bridgehead atoms. The Morgan fingerprint density at radius 1 is 1.29 bits per heavy atom. The molecule has 3 heterocycles. The van der Waals surface area contributed by atoms with Crippen molar-refractivity contribution < 1.29 is 17.9 Å². The number of methoxy groups -OCH3 is 1. The highest BCUT2D eigenvalue weighted by molar-refractivity contribution is 5.81. The van der Waals surface area contributed by atoms with Crippen molar-refractivity contribution in [1.29, 1.82) is 0 Å². The Morgan fingerprint density at radius 3 is 2.71 bits per heavy atom. The summed E-state index contributed by atoms with van der Waals surface area (Å²) >= 11 is 0. The third-order valence-corrected chi connectivity index (χ3v) is 5.23. The molecule has 24 heavy (non-hydrogen) atoms. The average Bonchev–Trinajstić information content (AvgIpc) is 3.03. The molecule has 2 aliphatic heterocycles. The van der Waals surface area contributed by atoms with E-state index >= 15 is 0 Å². The Balaban J connectivity index is 2.15. The van der Waals surface area contributed by atoms with Gasteiger partial charge in [-0.25, -0.2) is 0 Å². The van der Waals surface area contributed by atoms with E-state index in [1.165, 1.54) is 18.5 Å². The maximum absolute atomic E-state index is 14.4. The molecule has 0 fully saturated rings. The maximum atomic E-state index is 14.4. The lowest BCUT2D eigenvalue weighted by Gasteiger charge is -2.45. The van der Waals surface area contributed by atoms with Crippen LogP contribution in [0, 0.1) is 0 Å². The fraction of sp³-hybridized carbons (Fsp3) is 0.353. The molecule has 4 rings (SSSR count). The van der Waals surface area contributed by atoms with Crippen LogP contribution in [0.3, 0.4) is 0 Å². The van der Waals surface area contributed by atoms with Crippen molar-refractivity contribution in [3.63, 3.8) is 0 Å².